The third kappa shape index (κ3) is 2.96. The van der Waals surface area contributed by atoms with Gasteiger partial charge in [-0.3, -0.25) is 4.79 Å². The summed E-state index contributed by atoms with van der Waals surface area (Å²) in [5.74, 6) is -0.419. The van der Waals surface area contributed by atoms with Gasteiger partial charge >= 0.3 is 0 Å². The van der Waals surface area contributed by atoms with Gasteiger partial charge in [0.15, 0.2) is 0 Å². The van der Waals surface area contributed by atoms with Crippen LogP contribution in [0.1, 0.15) is 21.6 Å². The average molecular weight is 293 g/mol. The summed E-state index contributed by atoms with van der Waals surface area (Å²) in [6.45, 7) is 2.16. The SMILES string of the molecule is CNc1snc(C)c1C(=O)N(C)Cc1cccc(F)c1. The molecule has 1 aromatic carbocycles. The minimum atomic E-state index is -0.298. The van der Waals surface area contributed by atoms with Crippen molar-refractivity contribution in [2.75, 3.05) is 19.4 Å². The van der Waals surface area contributed by atoms with E-state index in [1.807, 2.05) is 0 Å². The molecular formula is C14H16FN3OS. The molecule has 2 aromatic rings. The standard InChI is InChI=1S/C14H16FN3OS/c1-9-12(13(16-2)20-17-9)14(19)18(3)8-10-5-4-6-11(15)7-10/h4-7,16H,8H2,1-3H3. The highest BCUT2D eigenvalue weighted by atomic mass is 32.1. The molecule has 1 amide bonds. The number of nitrogens with one attached hydrogen (secondary N) is 1. The van der Waals surface area contributed by atoms with Gasteiger partial charge in [-0.2, -0.15) is 4.37 Å². The normalized spacial score (nSPS) is 10.4. The van der Waals surface area contributed by atoms with E-state index in [0.717, 1.165) is 10.6 Å². The van der Waals surface area contributed by atoms with Crippen LogP contribution in [0.15, 0.2) is 24.3 Å². The predicted molar refractivity (Wildman–Crippen MR) is 78.6 cm³/mol. The van der Waals surface area contributed by atoms with Crippen molar-refractivity contribution in [2.45, 2.75) is 13.5 Å². The van der Waals surface area contributed by atoms with Crippen LogP contribution >= 0.6 is 11.5 Å². The monoisotopic (exact) mass is 293 g/mol. The number of benzene rings is 1. The number of amides is 1. The van der Waals surface area contributed by atoms with Crippen molar-refractivity contribution in [3.8, 4) is 0 Å². The Balaban J connectivity index is 2.18. The minimum Gasteiger partial charge on any atom is -0.378 e. The highest BCUT2D eigenvalue weighted by molar-refractivity contribution is 7.10. The number of rotatable bonds is 4. The first kappa shape index (κ1) is 14.5. The zero-order valence-corrected chi connectivity index (χ0v) is 12.4. The summed E-state index contributed by atoms with van der Waals surface area (Å²) >= 11 is 1.26. The Hall–Kier alpha value is -1.95. The number of aromatic nitrogens is 1. The molecule has 20 heavy (non-hydrogen) atoms. The molecule has 0 aliphatic carbocycles. The Morgan fingerprint density at radius 2 is 2.25 bits per heavy atom. The van der Waals surface area contributed by atoms with E-state index in [-0.39, 0.29) is 11.7 Å². The number of anilines is 1. The lowest BCUT2D eigenvalue weighted by Gasteiger charge is -2.17. The first-order chi connectivity index (χ1) is 9.52. The maximum atomic E-state index is 13.2. The van der Waals surface area contributed by atoms with Crippen LogP contribution in [0, 0.1) is 12.7 Å². The number of halogens is 1. The molecular weight excluding hydrogens is 277 g/mol. The molecule has 2 rings (SSSR count). The Kier molecular flexibility index (Phi) is 4.34. The lowest BCUT2D eigenvalue weighted by atomic mass is 10.2. The Bertz CT molecular complexity index is 627. The molecule has 0 saturated carbocycles. The van der Waals surface area contributed by atoms with E-state index in [2.05, 4.69) is 9.69 Å². The molecule has 0 radical (unpaired) electrons. The van der Waals surface area contributed by atoms with Crippen molar-refractivity contribution in [3.63, 3.8) is 0 Å². The summed E-state index contributed by atoms with van der Waals surface area (Å²) in [6.07, 6.45) is 0. The number of carbonyl (C=O) groups is 1. The third-order valence-electron chi connectivity index (χ3n) is 2.96. The Labute approximate surface area is 121 Å². The molecule has 0 spiro atoms. The summed E-state index contributed by atoms with van der Waals surface area (Å²) < 4.78 is 17.3. The third-order valence-corrected chi connectivity index (χ3v) is 3.92. The van der Waals surface area contributed by atoms with Crippen LogP contribution in [0.3, 0.4) is 0 Å². The molecule has 1 heterocycles. The van der Waals surface area contributed by atoms with Crippen molar-refractivity contribution < 1.29 is 9.18 Å². The molecule has 0 bridgehead atoms. The number of aryl methyl sites for hydroxylation is 1. The van der Waals surface area contributed by atoms with E-state index in [1.54, 1.807) is 38.1 Å². The summed E-state index contributed by atoms with van der Waals surface area (Å²) in [4.78, 5) is 14.0. The van der Waals surface area contributed by atoms with E-state index in [4.69, 9.17) is 0 Å². The topological polar surface area (TPSA) is 45.2 Å². The fourth-order valence-corrected chi connectivity index (χ4v) is 2.70. The molecule has 106 valence electrons. The lowest BCUT2D eigenvalue weighted by molar-refractivity contribution is 0.0785. The summed E-state index contributed by atoms with van der Waals surface area (Å²) in [6, 6.07) is 6.25. The lowest BCUT2D eigenvalue weighted by Crippen LogP contribution is -2.27. The second-order valence-electron chi connectivity index (χ2n) is 4.51. The van der Waals surface area contributed by atoms with E-state index < -0.39 is 0 Å². The molecule has 0 aliphatic rings. The van der Waals surface area contributed by atoms with E-state index >= 15 is 0 Å². The van der Waals surface area contributed by atoms with Crippen LogP contribution < -0.4 is 5.32 Å². The number of hydrogen-bond acceptors (Lipinski definition) is 4. The smallest absolute Gasteiger partial charge is 0.258 e. The predicted octanol–water partition coefficient (Wildman–Crippen LogP) is 2.90. The molecule has 0 fully saturated rings. The maximum Gasteiger partial charge on any atom is 0.258 e. The van der Waals surface area contributed by atoms with Gasteiger partial charge in [0.1, 0.15) is 10.8 Å². The van der Waals surface area contributed by atoms with Gasteiger partial charge in [0.2, 0.25) is 0 Å². The van der Waals surface area contributed by atoms with Crippen molar-refractivity contribution in [2.24, 2.45) is 0 Å². The van der Waals surface area contributed by atoms with Crippen molar-refractivity contribution in [3.05, 3.63) is 46.9 Å². The number of nitrogens with zero attached hydrogens (tertiary/aromatic N) is 2. The average Bonchev–Trinajstić information content (AvgIpc) is 2.79. The molecule has 1 N–H and O–H groups in total. The highest BCUT2D eigenvalue weighted by Gasteiger charge is 2.21. The summed E-state index contributed by atoms with van der Waals surface area (Å²) in [5, 5.41) is 3.72. The van der Waals surface area contributed by atoms with Gasteiger partial charge in [0.05, 0.1) is 11.3 Å². The van der Waals surface area contributed by atoms with Gasteiger partial charge in [-0.25, -0.2) is 4.39 Å². The molecule has 0 aliphatic heterocycles. The molecule has 0 saturated heterocycles. The van der Waals surface area contributed by atoms with Gasteiger partial charge in [0.25, 0.3) is 5.91 Å². The first-order valence-corrected chi connectivity index (χ1v) is 6.94. The summed E-state index contributed by atoms with van der Waals surface area (Å²) in [7, 11) is 3.46. The van der Waals surface area contributed by atoms with Gasteiger partial charge in [-0.05, 0) is 36.2 Å². The second-order valence-corrected chi connectivity index (χ2v) is 5.29. The maximum absolute atomic E-state index is 13.2. The van der Waals surface area contributed by atoms with Gasteiger partial charge in [-0.15, -0.1) is 0 Å². The van der Waals surface area contributed by atoms with E-state index in [1.165, 1.54) is 23.7 Å². The molecule has 6 heteroatoms. The zero-order valence-electron chi connectivity index (χ0n) is 11.6. The van der Waals surface area contributed by atoms with Gasteiger partial charge in [0, 0.05) is 20.6 Å². The van der Waals surface area contributed by atoms with Crippen LogP contribution in [-0.2, 0) is 6.54 Å². The van der Waals surface area contributed by atoms with Crippen molar-refractivity contribution in [1.29, 1.82) is 0 Å². The van der Waals surface area contributed by atoms with Crippen LogP contribution in [-0.4, -0.2) is 29.3 Å². The molecule has 0 atom stereocenters. The largest absolute Gasteiger partial charge is 0.378 e. The van der Waals surface area contributed by atoms with Crippen LogP contribution in [0.4, 0.5) is 9.39 Å². The fraction of sp³-hybridized carbons (Fsp3) is 0.286. The van der Waals surface area contributed by atoms with Gasteiger partial charge in [-0.1, -0.05) is 12.1 Å². The van der Waals surface area contributed by atoms with Crippen molar-refractivity contribution >= 4 is 22.4 Å². The molecule has 0 unspecified atom stereocenters. The fourth-order valence-electron chi connectivity index (χ4n) is 1.96. The number of carbonyl (C=O) groups excluding carboxylic acids is 1. The quantitative estimate of drug-likeness (QED) is 0.942. The zero-order chi connectivity index (χ0) is 14.7. The minimum absolute atomic E-state index is 0.120. The van der Waals surface area contributed by atoms with E-state index in [0.29, 0.717) is 17.8 Å². The Morgan fingerprint density at radius 1 is 1.50 bits per heavy atom. The van der Waals surface area contributed by atoms with Gasteiger partial charge < -0.3 is 10.2 Å². The van der Waals surface area contributed by atoms with Crippen molar-refractivity contribution in [1.82, 2.24) is 9.27 Å². The summed E-state index contributed by atoms with van der Waals surface area (Å²) in [5.41, 5.74) is 2.04. The van der Waals surface area contributed by atoms with Crippen LogP contribution in [0.5, 0.6) is 0 Å². The highest BCUT2D eigenvalue weighted by Crippen LogP contribution is 2.25. The molecule has 4 nitrogen and oxygen atoms in total. The molecule has 1 aromatic heterocycles. The van der Waals surface area contributed by atoms with Crippen LogP contribution in [0.2, 0.25) is 0 Å². The number of hydrogen-bond donors (Lipinski definition) is 1. The Morgan fingerprint density at radius 3 is 2.90 bits per heavy atom. The first-order valence-electron chi connectivity index (χ1n) is 6.17. The van der Waals surface area contributed by atoms with E-state index in [9.17, 15) is 9.18 Å². The van der Waals surface area contributed by atoms with Crippen LogP contribution in [0.25, 0.3) is 0 Å². The second kappa shape index (κ2) is 6.00.